The average molecular weight is 577 g/mol. The van der Waals surface area contributed by atoms with Crippen LogP contribution in [0.25, 0.3) is 54.2 Å². The molecule has 0 saturated heterocycles. The second-order valence-corrected chi connectivity index (χ2v) is 13.0. The van der Waals surface area contributed by atoms with Crippen molar-refractivity contribution in [1.82, 2.24) is 0 Å². The molecule has 1 aliphatic heterocycles. The second kappa shape index (κ2) is 10.4. The predicted octanol–water partition coefficient (Wildman–Crippen LogP) is 11.2. The van der Waals surface area contributed by atoms with Crippen LogP contribution in [0, 0.1) is 0 Å². The van der Waals surface area contributed by atoms with Crippen molar-refractivity contribution in [3.63, 3.8) is 0 Å². The van der Waals surface area contributed by atoms with Crippen molar-refractivity contribution in [2.45, 2.75) is 26.2 Å². The predicted molar refractivity (Wildman–Crippen MR) is 190 cm³/mol. The van der Waals surface area contributed by atoms with E-state index in [1.807, 2.05) is 0 Å². The lowest BCUT2D eigenvalue weighted by atomic mass is 9.88. The molecule has 0 fully saturated rings. The largest absolute Gasteiger partial charge is 0.309 e. The summed E-state index contributed by atoms with van der Waals surface area (Å²) in [7, 11) is 0. The van der Waals surface area contributed by atoms with Gasteiger partial charge in [-0.05, 0) is 66.3 Å². The lowest BCUT2D eigenvalue weighted by Gasteiger charge is -2.39. The molecule has 1 heteroatoms. The summed E-state index contributed by atoms with van der Waals surface area (Å²) in [5.74, 6) is 0. The van der Waals surface area contributed by atoms with Crippen LogP contribution in [0.2, 0.25) is 0 Å². The van der Waals surface area contributed by atoms with Gasteiger partial charge in [-0.1, -0.05) is 146 Å². The van der Waals surface area contributed by atoms with Gasteiger partial charge in [-0.3, -0.25) is 0 Å². The molecule has 0 amide bonds. The standard InChI is InChI=1S/C44H34N/c1-3-13-37-25-31(17-19-33(37)9-1)27-45(28-32-18-20-34-10-2-4-14-38(34)26-32)29-39-23-21-35-11-5-7-15-41(35)43(39)44-40(30-45)24-22-36-12-6-8-16-42(36)44/h1-26H,27-30H2/q+1. The van der Waals surface area contributed by atoms with Gasteiger partial charge in [0.1, 0.15) is 26.2 Å². The molecule has 1 nitrogen and oxygen atoms in total. The van der Waals surface area contributed by atoms with E-state index in [1.54, 1.807) is 0 Å². The zero-order chi connectivity index (χ0) is 29.8. The first-order valence-corrected chi connectivity index (χ1v) is 16.0. The number of quaternary nitrogens is 1. The first kappa shape index (κ1) is 26.2. The van der Waals surface area contributed by atoms with E-state index >= 15 is 0 Å². The number of nitrogens with zero attached hydrogens (tertiary/aromatic N) is 1. The molecular weight excluding hydrogens is 542 g/mol. The first-order valence-electron chi connectivity index (χ1n) is 16.0. The van der Waals surface area contributed by atoms with E-state index in [2.05, 4.69) is 158 Å². The third-order valence-corrected chi connectivity index (χ3v) is 9.96. The van der Waals surface area contributed by atoms with Crippen LogP contribution < -0.4 is 0 Å². The summed E-state index contributed by atoms with van der Waals surface area (Å²) < 4.78 is 0.924. The van der Waals surface area contributed by atoms with Crippen molar-refractivity contribution < 1.29 is 4.48 Å². The molecule has 0 spiro atoms. The van der Waals surface area contributed by atoms with Gasteiger partial charge in [0.25, 0.3) is 0 Å². The number of benzene rings is 8. The van der Waals surface area contributed by atoms with Gasteiger partial charge < -0.3 is 4.48 Å². The molecule has 0 saturated carbocycles. The average Bonchev–Trinajstić information content (AvgIpc) is 3.22. The molecule has 0 atom stereocenters. The van der Waals surface area contributed by atoms with Gasteiger partial charge in [-0.15, -0.1) is 0 Å². The minimum Gasteiger partial charge on any atom is -0.309 e. The topological polar surface area (TPSA) is 0 Å². The molecule has 8 aromatic rings. The molecule has 9 rings (SSSR count). The highest BCUT2D eigenvalue weighted by molar-refractivity contribution is 6.08. The van der Waals surface area contributed by atoms with Gasteiger partial charge >= 0.3 is 0 Å². The zero-order valence-corrected chi connectivity index (χ0v) is 25.3. The first-order chi connectivity index (χ1) is 22.2. The van der Waals surface area contributed by atoms with E-state index in [4.69, 9.17) is 0 Å². The quantitative estimate of drug-likeness (QED) is 0.183. The van der Waals surface area contributed by atoms with Crippen LogP contribution in [0.1, 0.15) is 22.3 Å². The SMILES string of the molecule is c1ccc2cc(C[N+]3(Cc4ccc5ccccc5c4)Cc4ccc5ccccc5c4-c4c(ccc5ccccc45)C3)ccc2c1. The maximum Gasteiger partial charge on any atom is 0.106 e. The molecule has 0 aromatic heterocycles. The fourth-order valence-corrected chi connectivity index (χ4v) is 7.99. The Hall–Kier alpha value is -5.24. The number of fused-ring (bicyclic) bond motifs is 9. The number of rotatable bonds is 4. The lowest BCUT2D eigenvalue weighted by molar-refractivity contribution is -0.978. The Bertz CT molecular complexity index is 2230. The monoisotopic (exact) mass is 576 g/mol. The van der Waals surface area contributed by atoms with E-state index in [1.165, 1.54) is 76.5 Å². The van der Waals surface area contributed by atoms with Crippen LogP contribution in [0.3, 0.4) is 0 Å². The molecule has 0 aliphatic carbocycles. The van der Waals surface area contributed by atoms with Gasteiger partial charge in [-0.2, -0.15) is 0 Å². The highest BCUT2D eigenvalue weighted by Crippen LogP contribution is 2.45. The van der Waals surface area contributed by atoms with Crippen molar-refractivity contribution in [2.75, 3.05) is 0 Å². The van der Waals surface area contributed by atoms with Crippen molar-refractivity contribution >= 4 is 43.1 Å². The Balaban J connectivity index is 1.29. The molecule has 0 N–H and O–H groups in total. The molecule has 214 valence electrons. The van der Waals surface area contributed by atoms with Crippen molar-refractivity contribution in [3.05, 3.63) is 180 Å². The van der Waals surface area contributed by atoms with Crippen LogP contribution in [-0.4, -0.2) is 4.48 Å². The van der Waals surface area contributed by atoms with Gasteiger partial charge in [0.15, 0.2) is 0 Å². The summed E-state index contributed by atoms with van der Waals surface area (Å²) in [6, 6.07) is 59.1. The number of hydrogen-bond acceptors (Lipinski definition) is 0. The summed E-state index contributed by atoms with van der Waals surface area (Å²) in [5.41, 5.74) is 8.48. The normalized spacial score (nSPS) is 14.0. The minimum atomic E-state index is 0.924. The Labute approximate surface area is 264 Å². The molecular formula is C44H34N+. The third-order valence-electron chi connectivity index (χ3n) is 9.96. The molecule has 0 bridgehead atoms. The fourth-order valence-electron chi connectivity index (χ4n) is 7.99. The summed E-state index contributed by atoms with van der Waals surface area (Å²) in [6.45, 7) is 3.83. The van der Waals surface area contributed by atoms with E-state index < -0.39 is 0 Å². The Morgan fingerprint density at radius 1 is 0.356 bits per heavy atom. The van der Waals surface area contributed by atoms with Crippen molar-refractivity contribution in [2.24, 2.45) is 0 Å². The summed E-state index contributed by atoms with van der Waals surface area (Å²) in [5, 5.41) is 10.5. The fraction of sp³-hybridized carbons (Fsp3) is 0.0909. The minimum absolute atomic E-state index is 0.924. The third kappa shape index (κ3) is 4.60. The van der Waals surface area contributed by atoms with Crippen molar-refractivity contribution in [3.8, 4) is 11.1 Å². The van der Waals surface area contributed by atoms with Crippen LogP contribution in [-0.2, 0) is 26.2 Å². The zero-order valence-electron chi connectivity index (χ0n) is 25.3. The van der Waals surface area contributed by atoms with Gasteiger partial charge in [-0.25, -0.2) is 0 Å². The van der Waals surface area contributed by atoms with Gasteiger partial charge in [0, 0.05) is 22.3 Å². The molecule has 1 aliphatic rings. The van der Waals surface area contributed by atoms with E-state index in [-0.39, 0.29) is 0 Å². The maximum atomic E-state index is 2.42. The highest BCUT2D eigenvalue weighted by Gasteiger charge is 2.35. The summed E-state index contributed by atoms with van der Waals surface area (Å²) >= 11 is 0. The van der Waals surface area contributed by atoms with Crippen LogP contribution in [0.15, 0.2) is 158 Å². The van der Waals surface area contributed by atoms with E-state index in [0.717, 1.165) is 30.7 Å². The Morgan fingerprint density at radius 2 is 0.733 bits per heavy atom. The smallest absolute Gasteiger partial charge is 0.106 e. The molecule has 0 radical (unpaired) electrons. The highest BCUT2D eigenvalue weighted by atomic mass is 15.4. The lowest BCUT2D eigenvalue weighted by Crippen LogP contribution is -2.44. The summed E-state index contributed by atoms with van der Waals surface area (Å²) in [4.78, 5) is 0. The molecule has 0 unspecified atom stereocenters. The van der Waals surface area contributed by atoms with Crippen LogP contribution in [0.5, 0.6) is 0 Å². The van der Waals surface area contributed by atoms with Crippen molar-refractivity contribution in [1.29, 1.82) is 0 Å². The molecule has 45 heavy (non-hydrogen) atoms. The Kier molecular flexibility index (Phi) is 6.07. The van der Waals surface area contributed by atoms with Crippen LogP contribution in [0.4, 0.5) is 0 Å². The molecule has 1 heterocycles. The Morgan fingerprint density at radius 3 is 1.20 bits per heavy atom. The maximum absolute atomic E-state index is 2.42. The van der Waals surface area contributed by atoms with Gasteiger partial charge in [0.05, 0.1) is 0 Å². The van der Waals surface area contributed by atoms with Crippen LogP contribution >= 0.6 is 0 Å². The van der Waals surface area contributed by atoms with E-state index in [0.29, 0.717) is 0 Å². The van der Waals surface area contributed by atoms with Gasteiger partial charge in [0.2, 0.25) is 0 Å². The molecule has 8 aromatic carbocycles. The number of hydrogen-bond donors (Lipinski definition) is 0. The second-order valence-electron chi connectivity index (χ2n) is 13.0. The van der Waals surface area contributed by atoms with E-state index in [9.17, 15) is 0 Å². The summed E-state index contributed by atoms with van der Waals surface area (Å²) in [6.07, 6.45) is 0.